The van der Waals surface area contributed by atoms with Gasteiger partial charge in [-0.15, -0.1) is 0 Å². The Morgan fingerprint density at radius 3 is 2.64 bits per heavy atom. The first-order chi connectivity index (χ1) is 13.6. The number of carbonyl (C=O) groups is 1. The van der Waals surface area contributed by atoms with Gasteiger partial charge in [0.15, 0.2) is 0 Å². The Kier molecular flexibility index (Phi) is 6.45. The normalized spacial score (nSPS) is 10.4. The maximum Gasteiger partial charge on any atom is 0.257 e. The molecule has 0 unspecified atom stereocenters. The second-order valence-corrected chi connectivity index (χ2v) is 6.67. The van der Waals surface area contributed by atoms with Crippen molar-refractivity contribution in [2.75, 3.05) is 30.9 Å². The van der Waals surface area contributed by atoms with E-state index >= 15 is 0 Å². The van der Waals surface area contributed by atoms with Crippen LogP contribution >= 0.6 is 11.6 Å². The van der Waals surface area contributed by atoms with Gasteiger partial charge in [0.1, 0.15) is 11.6 Å². The van der Waals surface area contributed by atoms with Crippen molar-refractivity contribution in [3.63, 3.8) is 0 Å². The van der Waals surface area contributed by atoms with Crippen molar-refractivity contribution >= 4 is 29.0 Å². The molecule has 3 aromatic rings. The molecule has 2 aromatic heterocycles. The van der Waals surface area contributed by atoms with E-state index < -0.39 is 0 Å². The molecule has 0 aliphatic heterocycles. The molecular weight excluding hydrogens is 376 g/mol. The molecule has 6 nitrogen and oxygen atoms in total. The number of aromatic nitrogens is 2. The van der Waals surface area contributed by atoms with Gasteiger partial charge >= 0.3 is 0 Å². The Labute approximate surface area is 169 Å². The van der Waals surface area contributed by atoms with Gasteiger partial charge in [0, 0.05) is 37.2 Å². The zero-order valence-corrected chi connectivity index (χ0v) is 16.5. The summed E-state index contributed by atoms with van der Waals surface area (Å²) in [6.07, 6.45) is 6.02. The SMILES string of the molecule is COc1ccc(Cl)cc1NC(=O)c1ccc(N(C)CCc2ccncc2)nc1. The predicted molar refractivity (Wildman–Crippen MR) is 111 cm³/mol. The number of hydrogen-bond acceptors (Lipinski definition) is 5. The summed E-state index contributed by atoms with van der Waals surface area (Å²) in [6.45, 7) is 0.808. The summed E-state index contributed by atoms with van der Waals surface area (Å²) in [5.41, 5.74) is 2.18. The van der Waals surface area contributed by atoms with Crippen LogP contribution in [0.5, 0.6) is 5.75 Å². The van der Waals surface area contributed by atoms with Crippen molar-refractivity contribution in [2.45, 2.75) is 6.42 Å². The number of amides is 1. The summed E-state index contributed by atoms with van der Waals surface area (Å²) >= 11 is 6.00. The molecule has 1 amide bonds. The monoisotopic (exact) mass is 396 g/mol. The lowest BCUT2D eigenvalue weighted by Gasteiger charge is -2.18. The van der Waals surface area contributed by atoms with Crippen molar-refractivity contribution in [1.29, 1.82) is 0 Å². The Bertz CT molecular complexity index is 933. The van der Waals surface area contributed by atoms with Crippen LogP contribution in [0, 0.1) is 0 Å². The van der Waals surface area contributed by atoms with Crippen LogP contribution in [0.25, 0.3) is 0 Å². The van der Waals surface area contributed by atoms with Crippen LogP contribution in [0.1, 0.15) is 15.9 Å². The van der Waals surface area contributed by atoms with Crippen molar-refractivity contribution in [3.8, 4) is 5.75 Å². The van der Waals surface area contributed by atoms with Crippen LogP contribution in [0.3, 0.4) is 0 Å². The highest BCUT2D eigenvalue weighted by Crippen LogP contribution is 2.28. The van der Waals surface area contributed by atoms with E-state index in [9.17, 15) is 4.79 Å². The number of pyridine rings is 2. The van der Waals surface area contributed by atoms with E-state index in [-0.39, 0.29) is 5.91 Å². The summed E-state index contributed by atoms with van der Waals surface area (Å²) in [7, 11) is 3.51. The standard InChI is InChI=1S/C21H21ClN4O2/c1-26(12-9-15-7-10-23-11-8-15)20-6-3-16(14-24-20)21(27)25-18-13-17(22)4-5-19(18)28-2/h3-8,10-11,13-14H,9,12H2,1-2H3,(H,25,27). The van der Waals surface area contributed by atoms with Crippen molar-refractivity contribution < 1.29 is 9.53 Å². The van der Waals surface area contributed by atoms with Crippen molar-refractivity contribution in [2.24, 2.45) is 0 Å². The van der Waals surface area contributed by atoms with Gasteiger partial charge in [-0.25, -0.2) is 4.98 Å². The fraction of sp³-hybridized carbons (Fsp3) is 0.190. The highest BCUT2D eigenvalue weighted by atomic mass is 35.5. The molecule has 144 valence electrons. The second-order valence-electron chi connectivity index (χ2n) is 6.23. The minimum absolute atomic E-state index is 0.279. The van der Waals surface area contributed by atoms with E-state index in [2.05, 4.69) is 15.3 Å². The molecular formula is C21H21ClN4O2. The number of carbonyl (C=O) groups excluding carboxylic acids is 1. The molecule has 0 aliphatic carbocycles. The predicted octanol–water partition coefficient (Wildman–Crippen LogP) is 4.07. The molecule has 1 N–H and O–H groups in total. The highest BCUT2D eigenvalue weighted by molar-refractivity contribution is 6.31. The number of halogens is 1. The molecule has 1 aromatic carbocycles. The molecule has 0 radical (unpaired) electrons. The highest BCUT2D eigenvalue weighted by Gasteiger charge is 2.12. The number of rotatable bonds is 7. The molecule has 2 heterocycles. The summed E-state index contributed by atoms with van der Waals surface area (Å²) in [4.78, 5) is 23.0. The van der Waals surface area contributed by atoms with Crippen LogP contribution < -0.4 is 15.0 Å². The van der Waals surface area contributed by atoms with E-state index in [0.29, 0.717) is 22.0 Å². The van der Waals surface area contributed by atoms with E-state index in [1.807, 2.05) is 30.1 Å². The minimum Gasteiger partial charge on any atom is -0.495 e. The first-order valence-corrected chi connectivity index (χ1v) is 9.15. The fourth-order valence-electron chi connectivity index (χ4n) is 2.68. The number of hydrogen-bond donors (Lipinski definition) is 1. The van der Waals surface area contributed by atoms with Gasteiger partial charge in [-0.2, -0.15) is 0 Å². The van der Waals surface area contributed by atoms with E-state index in [1.54, 1.807) is 42.9 Å². The van der Waals surface area contributed by atoms with Gasteiger partial charge in [-0.3, -0.25) is 9.78 Å². The topological polar surface area (TPSA) is 67.3 Å². The molecule has 0 saturated heterocycles. The summed E-state index contributed by atoms with van der Waals surface area (Å²) in [5.74, 6) is 1.06. The number of nitrogens with one attached hydrogen (secondary N) is 1. The Balaban J connectivity index is 1.63. The van der Waals surface area contributed by atoms with Gasteiger partial charge in [0.25, 0.3) is 5.91 Å². The van der Waals surface area contributed by atoms with Crippen LogP contribution in [-0.4, -0.2) is 36.6 Å². The summed E-state index contributed by atoms with van der Waals surface area (Å²) in [5, 5.41) is 3.32. The van der Waals surface area contributed by atoms with E-state index in [4.69, 9.17) is 16.3 Å². The number of benzene rings is 1. The molecule has 7 heteroatoms. The Hall–Kier alpha value is -3.12. The molecule has 0 bridgehead atoms. The summed E-state index contributed by atoms with van der Waals surface area (Å²) < 4.78 is 5.25. The average Bonchev–Trinajstić information content (AvgIpc) is 2.73. The molecule has 0 spiro atoms. The molecule has 0 atom stereocenters. The number of likely N-dealkylation sites (N-methyl/N-ethyl adjacent to an activating group) is 1. The first kappa shape index (κ1) is 19.6. The molecule has 0 aliphatic rings. The number of ether oxygens (including phenoxy) is 1. The first-order valence-electron chi connectivity index (χ1n) is 8.78. The third-order valence-electron chi connectivity index (χ3n) is 4.30. The van der Waals surface area contributed by atoms with Crippen molar-refractivity contribution in [3.05, 3.63) is 77.2 Å². The fourth-order valence-corrected chi connectivity index (χ4v) is 2.85. The van der Waals surface area contributed by atoms with Gasteiger partial charge in [0.2, 0.25) is 0 Å². The third-order valence-corrected chi connectivity index (χ3v) is 4.53. The molecule has 3 rings (SSSR count). The van der Waals surface area contributed by atoms with Crippen molar-refractivity contribution in [1.82, 2.24) is 9.97 Å². The third kappa shape index (κ3) is 4.98. The Morgan fingerprint density at radius 1 is 1.18 bits per heavy atom. The van der Waals surface area contributed by atoms with Gasteiger partial charge in [-0.05, 0) is 54.4 Å². The maximum absolute atomic E-state index is 12.5. The molecule has 0 fully saturated rings. The zero-order chi connectivity index (χ0) is 19.9. The van der Waals surface area contributed by atoms with Crippen LogP contribution in [-0.2, 0) is 6.42 Å². The van der Waals surface area contributed by atoms with Crippen LogP contribution in [0.2, 0.25) is 5.02 Å². The van der Waals surface area contributed by atoms with E-state index in [0.717, 1.165) is 18.8 Å². The lowest BCUT2D eigenvalue weighted by Crippen LogP contribution is -2.21. The van der Waals surface area contributed by atoms with E-state index in [1.165, 1.54) is 12.7 Å². The lowest BCUT2D eigenvalue weighted by molar-refractivity contribution is 0.102. The minimum atomic E-state index is -0.279. The quantitative estimate of drug-likeness (QED) is 0.652. The number of anilines is 2. The van der Waals surface area contributed by atoms with Gasteiger partial charge in [0.05, 0.1) is 18.4 Å². The van der Waals surface area contributed by atoms with Gasteiger partial charge in [-0.1, -0.05) is 11.6 Å². The van der Waals surface area contributed by atoms with Crippen LogP contribution in [0.15, 0.2) is 61.1 Å². The summed E-state index contributed by atoms with van der Waals surface area (Å²) in [6, 6.07) is 12.6. The number of nitrogens with zero attached hydrogens (tertiary/aromatic N) is 3. The Morgan fingerprint density at radius 2 is 1.96 bits per heavy atom. The zero-order valence-electron chi connectivity index (χ0n) is 15.7. The van der Waals surface area contributed by atoms with Crippen LogP contribution in [0.4, 0.5) is 11.5 Å². The number of methoxy groups -OCH3 is 1. The molecule has 28 heavy (non-hydrogen) atoms. The molecule has 0 saturated carbocycles. The largest absolute Gasteiger partial charge is 0.495 e. The average molecular weight is 397 g/mol. The second kappa shape index (κ2) is 9.19. The van der Waals surface area contributed by atoms with Gasteiger partial charge < -0.3 is 15.0 Å². The lowest BCUT2D eigenvalue weighted by atomic mass is 10.2. The smallest absolute Gasteiger partial charge is 0.257 e. The maximum atomic E-state index is 12.5.